The molecule has 1 rings (SSSR count). The molecule has 0 saturated carbocycles. The summed E-state index contributed by atoms with van der Waals surface area (Å²) in [7, 11) is -4.09. The quantitative estimate of drug-likeness (QED) is 0.677. The van der Waals surface area contributed by atoms with Crippen molar-refractivity contribution in [3.63, 3.8) is 0 Å². The zero-order valence-electron chi connectivity index (χ0n) is 9.07. The fourth-order valence-electron chi connectivity index (χ4n) is 1.52. The Labute approximate surface area is 94.3 Å². The van der Waals surface area contributed by atoms with Gasteiger partial charge in [-0.05, 0) is 12.8 Å². The Morgan fingerprint density at radius 3 is 2.60 bits per heavy atom. The fourth-order valence-corrected chi connectivity index (χ4v) is 4.72. The second-order valence-electron chi connectivity index (χ2n) is 3.81. The van der Waals surface area contributed by atoms with Crippen molar-refractivity contribution in [1.82, 2.24) is 0 Å². The molecule has 0 aromatic heterocycles. The van der Waals surface area contributed by atoms with Crippen molar-refractivity contribution in [1.29, 1.82) is 0 Å². The lowest BCUT2D eigenvalue weighted by Crippen LogP contribution is -1.99. The van der Waals surface area contributed by atoms with Crippen LogP contribution in [0.2, 0.25) is 0 Å². The lowest BCUT2D eigenvalue weighted by molar-refractivity contribution is 0.606. The van der Waals surface area contributed by atoms with Gasteiger partial charge in [0, 0.05) is 26.9 Å². The SMILES string of the molecule is CCCCCC[S@](=O)C1=CS(=O)(=O)CC1. The maximum absolute atomic E-state index is 11.7. The van der Waals surface area contributed by atoms with Crippen LogP contribution < -0.4 is 0 Å². The average molecular weight is 250 g/mol. The van der Waals surface area contributed by atoms with E-state index in [0.29, 0.717) is 17.1 Å². The first kappa shape index (κ1) is 12.9. The van der Waals surface area contributed by atoms with Gasteiger partial charge in [-0.1, -0.05) is 26.2 Å². The molecule has 5 heteroatoms. The van der Waals surface area contributed by atoms with Gasteiger partial charge in [-0.15, -0.1) is 0 Å². The van der Waals surface area contributed by atoms with Crippen LogP contribution in [0.15, 0.2) is 10.3 Å². The van der Waals surface area contributed by atoms with Crippen molar-refractivity contribution in [3.05, 3.63) is 10.3 Å². The van der Waals surface area contributed by atoms with Gasteiger partial charge in [-0.25, -0.2) is 8.42 Å². The van der Waals surface area contributed by atoms with Crippen molar-refractivity contribution in [3.8, 4) is 0 Å². The Kier molecular flexibility index (Phi) is 4.99. The summed E-state index contributed by atoms with van der Waals surface area (Å²) in [5.74, 6) is 0.754. The Morgan fingerprint density at radius 2 is 2.07 bits per heavy atom. The minimum absolute atomic E-state index is 0.142. The molecule has 88 valence electrons. The Balaban J connectivity index is 2.36. The standard InChI is InChI=1S/C10H18O3S2/c1-2-3-4-5-7-14(11)10-6-8-15(12,13)9-10/h9H,2-8H2,1H3/t14-/m0/s1. The van der Waals surface area contributed by atoms with Crippen molar-refractivity contribution >= 4 is 20.6 Å². The number of hydrogen-bond acceptors (Lipinski definition) is 3. The summed E-state index contributed by atoms with van der Waals surface area (Å²) in [5, 5.41) is 1.21. The first-order valence-corrected chi connectivity index (χ1v) is 8.40. The second kappa shape index (κ2) is 5.80. The number of sulfone groups is 1. The molecule has 0 amide bonds. The van der Waals surface area contributed by atoms with E-state index in [1.807, 2.05) is 0 Å². The van der Waals surface area contributed by atoms with Crippen LogP contribution in [0, 0.1) is 0 Å². The minimum Gasteiger partial charge on any atom is -0.255 e. The third kappa shape index (κ3) is 4.47. The van der Waals surface area contributed by atoms with E-state index in [9.17, 15) is 12.6 Å². The van der Waals surface area contributed by atoms with Crippen LogP contribution in [0.25, 0.3) is 0 Å². The van der Waals surface area contributed by atoms with E-state index in [1.54, 1.807) is 0 Å². The van der Waals surface area contributed by atoms with Gasteiger partial charge in [0.2, 0.25) is 0 Å². The lowest BCUT2D eigenvalue weighted by atomic mass is 10.2. The highest BCUT2D eigenvalue weighted by molar-refractivity contribution is 7.96. The van der Waals surface area contributed by atoms with Crippen LogP contribution >= 0.6 is 0 Å². The minimum atomic E-state index is -3.03. The molecule has 0 fully saturated rings. The molecule has 0 bridgehead atoms. The summed E-state index contributed by atoms with van der Waals surface area (Å²) in [6, 6.07) is 0. The highest BCUT2D eigenvalue weighted by Crippen LogP contribution is 2.20. The Hall–Kier alpha value is -0.160. The van der Waals surface area contributed by atoms with Gasteiger partial charge >= 0.3 is 0 Å². The van der Waals surface area contributed by atoms with Gasteiger partial charge in [0.1, 0.15) is 0 Å². The molecule has 0 radical (unpaired) electrons. The molecular weight excluding hydrogens is 232 g/mol. The summed E-state index contributed by atoms with van der Waals surface area (Å²) in [4.78, 5) is 0.617. The summed E-state index contributed by atoms with van der Waals surface area (Å²) < 4.78 is 33.9. The maximum atomic E-state index is 11.7. The van der Waals surface area contributed by atoms with Crippen molar-refractivity contribution in [2.75, 3.05) is 11.5 Å². The van der Waals surface area contributed by atoms with E-state index in [2.05, 4.69) is 6.92 Å². The molecule has 0 unspecified atom stereocenters. The zero-order valence-corrected chi connectivity index (χ0v) is 10.7. The Morgan fingerprint density at radius 1 is 1.33 bits per heavy atom. The fraction of sp³-hybridized carbons (Fsp3) is 0.800. The van der Waals surface area contributed by atoms with Gasteiger partial charge in [0.05, 0.1) is 5.75 Å². The first-order chi connectivity index (χ1) is 7.05. The highest BCUT2D eigenvalue weighted by Gasteiger charge is 2.21. The molecule has 1 atom stereocenters. The third-order valence-corrected chi connectivity index (χ3v) is 5.55. The summed E-state index contributed by atoms with van der Waals surface area (Å²) in [6.45, 7) is 2.13. The van der Waals surface area contributed by atoms with E-state index in [1.165, 1.54) is 5.41 Å². The summed E-state index contributed by atoms with van der Waals surface area (Å²) >= 11 is 0. The predicted octanol–water partition coefficient (Wildman–Crippen LogP) is 1.98. The second-order valence-corrected chi connectivity index (χ2v) is 7.40. The van der Waals surface area contributed by atoms with E-state index < -0.39 is 20.6 Å². The highest BCUT2D eigenvalue weighted by atomic mass is 32.2. The van der Waals surface area contributed by atoms with Crippen LogP contribution in [0.3, 0.4) is 0 Å². The third-order valence-electron chi connectivity index (χ3n) is 2.42. The number of allylic oxidation sites excluding steroid dienone is 1. The van der Waals surface area contributed by atoms with Crippen LogP contribution in [0.4, 0.5) is 0 Å². The van der Waals surface area contributed by atoms with E-state index in [-0.39, 0.29) is 5.75 Å². The molecule has 1 heterocycles. The molecule has 0 aromatic rings. The zero-order chi connectivity index (χ0) is 11.3. The smallest absolute Gasteiger partial charge is 0.172 e. The van der Waals surface area contributed by atoms with Crippen LogP contribution in [0.5, 0.6) is 0 Å². The average Bonchev–Trinajstić information content (AvgIpc) is 2.53. The van der Waals surface area contributed by atoms with Crippen LogP contribution in [0.1, 0.15) is 39.0 Å². The monoisotopic (exact) mass is 250 g/mol. The lowest BCUT2D eigenvalue weighted by Gasteiger charge is -2.01. The van der Waals surface area contributed by atoms with Crippen molar-refractivity contribution < 1.29 is 12.6 Å². The van der Waals surface area contributed by atoms with E-state index >= 15 is 0 Å². The van der Waals surface area contributed by atoms with Gasteiger partial charge in [0.25, 0.3) is 0 Å². The maximum Gasteiger partial charge on any atom is 0.172 e. The molecule has 1 aliphatic rings. The van der Waals surface area contributed by atoms with Gasteiger partial charge in [0.15, 0.2) is 9.84 Å². The molecule has 1 aliphatic heterocycles. The molecule has 0 aliphatic carbocycles. The molecular formula is C10H18O3S2. The van der Waals surface area contributed by atoms with Crippen LogP contribution in [-0.2, 0) is 20.6 Å². The molecule has 0 saturated heterocycles. The first-order valence-electron chi connectivity index (χ1n) is 5.37. The number of unbranched alkanes of at least 4 members (excludes halogenated alkanes) is 3. The van der Waals surface area contributed by atoms with Crippen molar-refractivity contribution in [2.45, 2.75) is 39.0 Å². The molecule has 3 nitrogen and oxygen atoms in total. The molecule has 0 spiro atoms. The topological polar surface area (TPSA) is 51.2 Å². The number of rotatable bonds is 6. The predicted molar refractivity (Wildman–Crippen MR) is 63.6 cm³/mol. The van der Waals surface area contributed by atoms with Gasteiger partial charge < -0.3 is 0 Å². The van der Waals surface area contributed by atoms with E-state index in [4.69, 9.17) is 0 Å². The van der Waals surface area contributed by atoms with Gasteiger partial charge in [-0.3, -0.25) is 4.21 Å². The van der Waals surface area contributed by atoms with E-state index in [0.717, 1.165) is 25.7 Å². The molecule has 0 N–H and O–H groups in total. The van der Waals surface area contributed by atoms with Crippen molar-refractivity contribution in [2.24, 2.45) is 0 Å². The molecule has 0 aromatic carbocycles. The summed E-state index contributed by atoms with van der Waals surface area (Å²) in [6.07, 6.45) is 4.79. The van der Waals surface area contributed by atoms with Crippen LogP contribution in [-0.4, -0.2) is 24.1 Å². The normalized spacial score (nSPS) is 21.3. The van der Waals surface area contributed by atoms with Gasteiger partial charge in [-0.2, -0.15) is 0 Å². The Bertz CT molecular complexity index is 355. The molecule has 15 heavy (non-hydrogen) atoms. The largest absolute Gasteiger partial charge is 0.255 e. The summed E-state index contributed by atoms with van der Waals surface area (Å²) in [5.41, 5.74) is 0. The number of hydrogen-bond donors (Lipinski definition) is 0.